The molecule has 1 amide bonds. The van der Waals surface area contributed by atoms with E-state index in [0.29, 0.717) is 11.4 Å². The number of rotatable bonds is 10. The van der Waals surface area contributed by atoms with Crippen molar-refractivity contribution in [3.63, 3.8) is 0 Å². The first-order chi connectivity index (χ1) is 15.5. The SMILES string of the molecule is CCOC(=O)c1oc(COc2ccccc2)nc1CC(C)NC(=O)OCc1ccccc1. The minimum Gasteiger partial charge on any atom is -0.484 e. The Balaban J connectivity index is 1.60. The number of ether oxygens (including phenoxy) is 3. The Bertz CT molecular complexity index is 1000. The molecule has 0 saturated carbocycles. The van der Waals surface area contributed by atoms with Crippen molar-refractivity contribution in [1.29, 1.82) is 0 Å². The Morgan fingerprint density at radius 3 is 2.38 bits per heavy atom. The molecule has 8 nitrogen and oxygen atoms in total. The van der Waals surface area contributed by atoms with E-state index in [9.17, 15) is 9.59 Å². The van der Waals surface area contributed by atoms with Crippen LogP contribution >= 0.6 is 0 Å². The van der Waals surface area contributed by atoms with Gasteiger partial charge in [-0.15, -0.1) is 0 Å². The van der Waals surface area contributed by atoms with Crippen LogP contribution in [0.25, 0.3) is 0 Å². The van der Waals surface area contributed by atoms with E-state index in [-0.39, 0.29) is 43.9 Å². The van der Waals surface area contributed by atoms with Crippen LogP contribution in [0.15, 0.2) is 65.1 Å². The number of alkyl carbamates (subject to hydrolysis) is 1. The number of benzene rings is 2. The number of nitrogens with zero attached hydrogens (tertiary/aromatic N) is 1. The molecule has 8 heteroatoms. The lowest BCUT2D eigenvalue weighted by Crippen LogP contribution is -2.34. The summed E-state index contributed by atoms with van der Waals surface area (Å²) in [4.78, 5) is 28.8. The van der Waals surface area contributed by atoms with Gasteiger partial charge in [0.25, 0.3) is 0 Å². The van der Waals surface area contributed by atoms with Crippen LogP contribution in [-0.2, 0) is 29.1 Å². The third-order valence-corrected chi connectivity index (χ3v) is 4.38. The van der Waals surface area contributed by atoms with Gasteiger partial charge in [-0.2, -0.15) is 0 Å². The van der Waals surface area contributed by atoms with Crippen LogP contribution in [0.2, 0.25) is 0 Å². The van der Waals surface area contributed by atoms with E-state index in [1.807, 2.05) is 60.7 Å². The maximum atomic E-state index is 12.3. The number of para-hydroxylation sites is 1. The maximum absolute atomic E-state index is 12.3. The second-order valence-electron chi connectivity index (χ2n) is 7.02. The van der Waals surface area contributed by atoms with E-state index in [1.165, 1.54) is 0 Å². The highest BCUT2D eigenvalue weighted by atomic mass is 16.6. The summed E-state index contributed by atoms with van der Waals surface area (Å²) in [6.07, 6.45) is -0.307. The summed E-state index contributed by atoms with van der Waals surface area (Å²) in [5.74, 6) is 0.288. The van der Waals surface area contributed by atoms with Crippen molar-refractivity contribution >= 4 is 12.1 Å². The third kappa shape index (κ3) is 6.87. The topological polar surface area (TPSA) is 99.9 Å². The van der Waals surface area contributed by atoms with E-state index in [0.717, 1.165) is 5.56 Å². The molecule has 1 heterocycles. The zero-order valence-corrected chi connectivity index (χ0v) is 18.1. The highest BCUT2D eigenvalue weighted by molar-refractivity contribution is 5.87. The molecule has 0 aliphatic rings. The van der Waals surface area contributed by atoms with Crippen molar-refractivity contribution in [2.45, 2.75) is 39.5 Å². The van der Waals surface area contributed by atoms with Gasteiger partial charge in [0.05, 0.1) is 12.3 Å². The second-order valence-corrected chi connectivity index (χ2v) is 7.02. The molecule has 1 atom stereocenters. The summed E-state index contributed by atoms with van der Waals surface area (Å²) in [6.45, 7) is 3.91. The molecule has 2 aromatic carbocycles. The van der Waals surface area contributed by atoms with Gasteiger partial charge in [-0.3, -0.25) is 0 Å². The summed E-state index contributed by atoms with van der Waals surface area (Å²) in [7, 11) is 0. The molecule has 32 heavy (non-hydrogen) atoms. The van der Waals surface area contributed by atoms with E-state index in [4.69, 9.17) is 18.6 Å². The van der Waals surface area contributed by atoms with E-state index in [1.54, 1.807) is 13.8 Å². The number of carbonyl (C=O) groups excluding carboxylic acids is 2. The quantitative estimate of drug-likeness (QED) is 0.471. The molecule has 3 aromatic rings. The van der Waals surface area contributed by atoms with Crippen LogP contribution in [0.3, 0.4) is 0 Å². The maximum Gasteiger partial charge on any atom is 0.407 e. The number of hydrogen-bond acceptors (Lipinski definition) is 7. The van der Waals surface area contributed by atoms with Gasteiger partial charge in [0.1, 0.15) is 12.4 Å². The molecule has 0 radical (unpaired) electrons. The molecule has 0 bridgehead atoms. The fraction of sp³-hybridized carbons (Fsp3) is 0.292. The zero-order valence-electron chi connectivity index (χ0n) is 18.1. The van der Waals surface area contributed by atoms with Crippen molar-refractivity contribution in [1.82, 2.24) is 10.3 Å². The fourth-order valence-corrected chi connectivity index (χ4v) is 2.93. The minimum atomic E-state index is -0.611. The Labute approximate surface area is 186 Å². The predicted molar refractivity (Wildman–Crippen MR) is 116 cm³/mol. The smallest absolute Gasteiger partial charge is 0.407 e. The summed E-state index contributed by atoms with van der Waals surface area (Å²) >= 11 is 0. The van der Waals surface area contributed by atoms with Crippen LogP contribution in [0.4, 0.5) is 4.79 Å². The molecule has 168 valence electrons. The average molecular weight is 438 g/mol. The monoisotopic (exact) mass is 438 g/mol. The van der Waals surface area contributed by atoms with E-state index < -0.39 is 12.1 Å². The van der Waals surface area contributed by atoms with Crippen molar-refractivity contribution in [3.8, 4) is 5.75 Å². The molecule has 0 saturated heterocycles. The van der Waals surface area contributed by atoms with Crippen molar-refractivity contribution in [3.05, 3.63) is 83.6 Å². The Morgan fingerprint density at radius 1 is 1.00 bits per heavy atom. The number of esters is 1. The molecule has 1 N–H and O–H groups in total. The Morgan fingerprint density at radius 2 is 1.69 bits per heavy atom. The largest absolute Gasteiger partial charge is 0.484 e. The van der Waals surface area contributed by atoms with Gasteiger partial charge >= 0.3 is 12.1 Å². The first-order valence-electron chi connectivity index (χ1n) is 10.4. The second kappa shape index (κ2) is 11.5. The lowest BCUT2D eigenvalue weighted by molar-refractivity contribution is 0.0484. The van der Waals surface area contributed by atoms with Crippen LogP contribution in [0, 0.1) is 0 Å². The summed E-state index contributed by atoms with van der Waals surface area (Å²) in [6, 6.07) is 18.2. The first-order valence-corrected chi connectivity index (χ1v) is 10.4. The molecular weight excluding hydrogens is 412 g/mol. The Kier molecular flexibility index (Phi) is 8.25. The van der Waals surface area contributed by atoms with Gasteiger partial charge in [0.15, 0.2) is 6.61 Å². The van der Waals surface area contributed by atoms with Gasteiger partial charge in [-0.25, -0.2) is 14.6 Å². The van der Waals surface area contributed by atoms with Gasteiger partial charge in [-0.1, -0.05) is 48.5 Å². The standard InChI is InChI=1S/C24H26N2O6/c1-3-29-23(27)22-20(26-21(32-22)16-30-19-12-8-5-9-13-19)14-17(2)25-24(28)31-15-18-10-6-4-7-11-18/h4-13,17H,3,14-16H2,1-2H3,(H,25,28). The predicted octanol–water partition coefficient (Wildman–Crippen LogP) is 4.29. The average Bonchev–Trinajstić information content (AvgIpc) is 3.20. The van der Waals surface area contributed by atoms with Crippen LogP contribution < -0.4 is 10.1 Å². The number of amides is 1. The molecule has 0 aliphatic heterocycles. The molecular formula is C24H26N2O6. The van der Waals surface area contributed by atoms with Crippen molar-refractivity contribution in [2.24, 2.45) is 0 Å². The molecule has 3 rings (SSSR count). The Hall–Kier alpha value is -3.81. The molecule has 0 spiro atoms. The number of carbonyl (C=O) groups is 2. The summed E-state index contributed by atoms with van der Waals surface area (Å²) in [5, 5.41) is 2.74. The first kappa shape index (κ1) is 22.9. The lowest BCUT2D eigenvalue weighted by Gasteiger charge is -2.13. The summed E-state index contributed by atoms with van der Waals surface area (Å²) < 4.78 is 21.6. The van der Waals surface area contributed by atoms with Gasteiger partial charge in [0.2, 0.25) is 11.7 Å². The normalized spacial score (nSPS) is 11.4. The number of hydrogen-bond donors (Lipinski definition) is 1. The van der Waals surface area contributed by atoms with Crippen LogP contribution in [0.1, 0.15) is 41.6 Å². The fourth-order valence-electron chi connectivity index (χ4n) is 2.93. The zero-order chi connectivity index (χ0) is 22.8. The van der Waals surface area contributed by atoms with E-state index >= 15 is 0 Å². The number of aromatic nitrogens is 1. The van der Waals surface area contributed by atoms with Gasteiger partial charge in [0, 0.05) is 12.5 Å². The molecule has 1 unspecified atom stereocenters. The number of oxazole rings is 1. The van der Waals surface area contributed by atoms with E-state index in [2.05, 4.69) is 10.3 Å². The van der Waals surface area contributed by atoms with Crippen LogP contribution in [-0.4, -0.2) is 29.7 Å². The van der Waals surface area contributed by atoms with Crippen molar-refractivity contribution < 1.29 is 28.2 Å². The third-order valence-electron chi connectivity index (χ3n) is 4.38. The summed E-state index contributed by atoms with van der Waals surface area (Å²) in [5.41, 5.74) is 1.27. The molecule has 0 fully saturated rings. The highest BCUT2D eigenvalue weighted by Crippen LogP contribution is 2.18. The van der Waals surface area contributed by atoms with Gasteiger partial charge in [-0.05, 0) is 31.5 Å². The lowest BCUT2D eigenvalue weighted by atomic mass is 10.1. The van der Waals surface area contributed by atoms with Crippen molar-refractivity contribution in [2.75, 3.05) is 6.61 Å². The molecule has 0 aliphatic carbocycles. The number of nitrogens with one attached hydrogen (secondary N) is 1. The van der Waals surface area contributed by atoms with Crippen LogP contribution in [0.5, 0.6) is 5.75 Å². The minimum absolute atomic E-state index is 0.00446. The highest BCUT2D eigenvalue weighted by Gasteiger charge is 2.24. The van der Waals surface area contributed by atoms with Gasteiger partial charge < -0.3 is 23.9 Å². The molecule has 1 aromatic heterocycles.